The lowest BCUT2D eigenvalue weighted by atomic mass is 9.67. The molecule has 0 radical (unpaired) electrons. The Labute approximate surface area is 284 Å². The maximum atomic E-state index is 13.3. The lowest BCUT2D eigenvalue weighted by Gasteiger charge is -2.38. The Balaban J connectivity index is 2.02. The zero-order valence-electron chi connectivity index (χ0n) is 30.4. The lowest BCUT2D eigenvalue weighted by molar-refractivity contribution is -0.140. The van der Waals surface area contributed by atoms with Crippen LogP contribution in [0, 0.1) is 16.7 Å². The van der Waals surface area contributed by atoms with E-state index < -0.39 is 5.97 Å². The van der Waals surface area contributed by atoms with Crippen LogP contribution in [0.25, 0.3) is 0 Å². The third-order valence-corrected chi connectivity index (χ3v) is 9.02. The topological polar surface area (TPSA) is 83.8 Å². The molecule has 0 heterocycles. The number of ketones is 1. The van der Waals surface area contributed by atoms with E-state index in [2.05, 4.69) is 78.8 Å². The zero-order valence-corrected chi connectivity index (χ0v) is 30.4. The van der Waals surface area contributed by atoms with Crippen molar-refractivity contribution in [3.05, 3.63) is 118 Å². The van der Waals surface area contributed by atoms with Gasteiger partial charge >= 0.3 is 5.97 Å². The number of hydrogen-bond donors (Lipinski definition) is 2. The Hall–Kier alpha value is -3.54. The first kappa shape index (κ1) is 39.6. The smallest absolute Gasteiger partial charge is 0.302 e. The molecule has 5 nitrogen and oxygen atoms in total. The van der Waals surface area contributed by atoms with Gasteiger partial charge in [-0.1, -0.05) is 140 Å². The van der Waals surface area contributed by atoms with Crippen LogP contribution in [0.15, 0.2) is 118 Å². The Bertz CT molecular complexity index is 1440. The fraction of sp³-hybridized carbons (Fsp3) is 0.476. The average Bonchev–Trinajstić information content (AvgIpc) is 2.93. The highest BCUT2D eigenvalue weighted by atomic mass is 16.5. The van der Waals surface area contributed by atoms with Crippen LogP contribution >= 0.6 is 0 Å². The molecule has 47 heavy (non-hydrogen) atoms. The van der Waals surface area contributed by atoms with Gasteiger partial charge in [0.2, 0.25) is 0 Å². The van der Waals surface area contributed by atoms with E-state index in [1.54, 1.807) is 6.08 Å². The molecule has 2 aliphatic carbocycles. The maximum Gasteiger partial charge on any atom is 0.302 e. The van der Waals surface area contributed by atoms with Gasteiger partial charge in [0.25, 0.3) is 0 Å². The van der Waals surface area contributed by atoms with Crippen molar-refractivity contribution in [1.82, 2.24) is 0 Å². The van der Waals surface area contributed by atoms with Gasteiger partial charge in [0.1, 0.15) is 6.61 Å². The van der Waals surface area contributed by atoms with Crippen LogP contribution in [0.5, 0.6) is 0 Å². The second-order valence-electron chi connectivity index (χ2n) is 14.6. The van der Waals surface area contributed by atoms with Gasteiger partial charge in [-0.3, -0.25) is 9.59 Å². The van der Waals surface area contributed by atoms with Crippen molar-refractivity contribution in [1.29, 1.82) is 0 Å². The first-order chi connectivity index (χ1) is 21.9. The van der Waals surface area contributed by atoms with Crippen molar-refractivity contribution in [3.63, 3.8) is 0 Å². The summed E-state index contributed by atoms with van der Waals surface area (Å²) in [7, 11) is 0. The van der Waals surface area contributed by atoms with Crippen LogP contribution in [0.1, 0.15) is 94.9 Å². The number of aliphatic hydroxyl groups excluding tert-OH is 2. The number of allylic oxidation sites excluding steroid dienone is 17. The average molecular weight is 643 g/mol. The normalized spacial score (nSPS) is 24.6. The van der Waals surface area contributed by atoms with Crippen LogP contribution < -0.4 is 0 Å². The molecular weight excluding hydrogens is 584 g/mol. The first-order valence-corrected chi connectivity index (χ1v) is 16.7. The van der Waals surface area contributed by atoms with E-state index in [0.29, 0.717) is 24.3 Å². The van der Waals surface area contributed by atoms with Crippen LogP contribution in [-0.2, 0) is 14.3 Å². The van der Waals surface area contributed by atoms with Gasteiger partial charge in [0, 0.05) is 24.8 Å². The summed E-state index contributed by atoms with van der Waals surface area (Å²) >= 11 is 0. The van der Waals surface area contributed by atoms with E-state index in [0.717, 1.165) is 28.7 Å². The summed E-state index contributed by atoms with van der Waals surface area (Å²) < 4.78 is 5.19. The molecule has 256 valence electrons. The minimum atomic E-state index is -0.430. The molecule has 0 bridgehead atoms. The quantitative estimate of drug-likeness (QED) is 0.0905. The van der Waals surface area contributed by atoms with Crippen LogP contribution in [0.2, 0.25) is 0 Å². The summed E-state index contributed by atoms with van der Waals surface area (Å²) in [6.07, 6.45) is 27.6. The summed E-state index contributed by atoms with van der Waals surface area (Å²) in [4.78, 5) is 24.8. The van der Waals surface area contributed by atoms with Crippen LogP contribution in [-0.4, -0.2) is 40.8 Å². The van der Waals surface area contributed by atoms with Crippen molar-refractivity contribution in [2.75, 3.05) is 6.61 Å². The van der Waals surface area contributed by atoms with Gasteiger partial charge in [-0.2, -0.15) is 0 Å². The first-order valence-electron chi connectivity index (χ1n) is 16.7. The number of ether oxygens (including phenoxy) is 1. The number of rotatable bonds is 13. The molecule has 0 amide bonds. The summed E-state index contributed by atoms with van der Waals surface area (Å²) in [5.41, 5.74) is 6.83. The molecule has 0 aromatic heterocycles. The molecule has 2 rings (SSSR count). The third kappa shape index (κ3) is 13.6. The number of hydrogen-bond acceptors (Lipinski definition) is 5. The maximum absolute atomic E-state index is 13.3. The largest absolute Gasteiger partial charge is 0.461 e. The van der Waals surface area contributed by atoms with E-state index in [1.807, 2.05) is 56.4 Å². The van der Waals surface area contributed by atoms with Gasteiger partial charge in [0.15, 0.2) is 5.78 Å². The number of esters is 1. The highest BCUT2D eigenvalue weighted by Gasteiger charge is 2.35. The van der Waals surface area contributed by atoms with E-state index in [1.165, 1.54) is 18.1 Å². The number of carbonyl (C=O) groups excluding carboxylic acids is 2. The van der Waals surface area contributed by atoms with E-state index in [4.69, 9.17) is 4.74 Å². The van der Waals surface area contributed by atoms with Crippen molar-refractivity contribution >= 4 is 11.8 Å². The summed E-state index contributed by atoms with van der Waals surface area (Å²) in [6.45, 7) is 20.0. The molecule has 0 saturated heterocycles. The molecule has 0 fully saturated rings. The molecule has 3 atom stereocenters. The van der Waals surface area contributed by atoms with Crippen LogP contribution in [0.3, 0.4) is 0 Å². The molecule has 0 aromatic rings. The standard InChI is InChI=1S/C42H58O5/c1-29(17-13-18-31(3)21-22-38-32(4)23-36(44)26-41(38,7)8)15-11-12-16-30(2)19-14-20-35(28-47-34(6)43)40(46)25-39-33(5)24-37(45)27-42(39,9)10/h11-23,36-38,44-45H,24-28H2,1-10H3/b12-11+,17-13+,19-14+,22-21+,29-15+,30-16+,31-18+,35-20+/t36-,37+,38-/m0/s1. The molecule has 0 unspecified atom stereocenters. The van der Waals surface area contributed by atoms with Gasteiger partial charge in [-0.05, 0) is 64.7 Å². The van der Waals surface area contributed by atoms with E-state index in [9.17, 15) is 19.8 Å². The Morgan fingerprint density at radius 1 is 0.830 bits per heavy atom. The second-order valence-corrected chi connectivity index (χ2v) is 14.6. The summed E-state index contributed by atoms with van der Waals surface area (Å²) in [5.74, 6) is -0.192. The highest BCUT2D eigenvalue weighted by molar-refractivity contribution is 5.97. The third-order valence-electron chi connectivity index (χ3n) is 9.02. The molecule has 0 aromatic carbocycles. The number of carbonyl (C=O) groups is 2. The SMILES string of the molecule is CC(=O)OC\C(=C/C=C/C(C)=C/C=C/C=C(C)/C=C/C=C(C)/C=C/[C@H]1C(C)=C[C@H](O)CC1(C)C)C(=O)CC1=C(C)C[C@@H](O)CC1(C)C. The highest BCUT2D eigenvalue weighted by Crippen LogP contribution is 2.43. The minimum absolute atomic E-state index is 0.0267. The lowest BCUT2D eigenvalue weighted by Crippen LogP contribution is -2.32. The number of aliphatic hydroxyl groups is 2. The summed E-state index contributed by atoms with van der Waals surface area (Å²) in [6, 6.07) is 0. The van der Waals surface area contributed by atoms with Crippen molar-refractivity contribution in [2.24, 2.45) is 16.7 Å². The molecule has 0 aliphatic heterocycles. The Morgan fingerprint density at radius 2 is 1.38 bits per heavy atom. The predicted molar refractivity (Wildman–Crippen MR) is 196 cm³/mol. The molecule has 0 spiro atoms. The fourth-order valence-electron chi connectivity index (χ4n) is 6.56. The van der Waals surface area contributed by atoms with Gasteiger partial charge in [0.05, 0.1) is 12.2 Å². The monoisotopic (exact) mass is 642 g/mol. The van der Waals surface area contributed by atoms with Gasteiger partial charge in [-0.25, -0.2) is 0 Å². The zero-order chi connectivity index (χ0) is 35.4. The molecular formula is C42H58O5. The van der Waals surface area contributed by atoms with Crippen molar-refractivity contribution in [2.45, 2.75) is 107 Å². The second kappa shape index (κ2) is 18.1. The Kier molecular flexibility index (Phi) is 15.3. The van der Waals surface area contributed by atoms with Crippen molar-refractivity contribution in [3.8, 4) is 0 Å². The molecule has 2 aliphatic rings. The van der Waals surface area contributed by atoms with Crippen molar-refractivity contribution < 1.29 is 24.5 Å². The minimum Gasteiger partial charge on any atom is -0.461 e. The van der Waals surface area contributed by atoms with E-state index in [-0.39, 0.29) is 41.8 Å². The summed E-state index contributed by atoms with van der Waals surface area (Å²) in [5, 5.41) is 20.3. The predicted octanol–water partition coefficient (Wildman–Crippen LogP) is 9.35. The van der Waals surface area contributed by atoms with Gasteiger partial charge in [-0.15, -0.1) is 0 Å². The van der Waals surface area contributed by atoms with Gasteiger partial charge < -0.3 is 14.9 Å². The fourth-order valence-corrected chi connectivity index (χ4v) is 6.56. The molecule has 2 N–H and O–H groups in total. The molecule has 5 heteroatoms. The number of Topliss-reactive ketones (excluding diaryl/α,β-unsaturated/α-hetero) is 1. The van der Waals surface area contributed by atoms with E-state index >= 15 is 0 Å². The van der Waals surface area contributed by atoms with Crippen LogP contribution in [0.4, 0.5) is 0 Å². The Morgan fingerprint density at radius 3 is 1.94 bits per heavy atom. The molecule has 0 saturated carbocycles.